The molecule has 0 unspecified atom stereocenters. The highest BCUT2D eigenvalue weighted by Gasteiger charge is 2.28. The molecular formula is C110H99Cl7F6N14O4. The van der Waals surface area contributed by atoms with Gasteiger partial charge in [0.05, 0.1) is 28.2 Å². The van der Waals surface area contributed by atoms with Crippen LogP contribution in [0.4, 0.5) is 26.3 Å². The second-order valence-corrected chi connectivity index (χ2v) is 37.8. The van der Waals surface area contributed by atoms with Crippen LogP contribution in [-0.2, 0) is 17.6 Å². The van der Waals surface area contributed by atoms with Gasteiger partial charge in [0.15, 0.2) is 11.4 Å². The topological polar surface area (TPSA) is 246 Å². The SMILES string of the molecule is CC1=C(Cl)N=C(c2ccc(C)nc2F)C1.CC1=C(F)N=C(c2ccc(C)nc2F)C1.CC1=NC(Cl)=C(c2ccc(C)cc2)C1.CC1=NC(Cl)=C(c2ccc(C)cc2)C1.CC1=NC(Cl)=C(c2ccc(C)nc2F)C1.CC1=NC(Cl)=C(c2ccc3c(C)noc3c2)C1.CC1=NC(Cl)=C(c2ccc3c(c2)C(O)=CC(=O)C3)C1.CC1=NC(Cl)=C(c2ccc3c(c2)C(O)=CC3)C1.CC1=NC(F)=C(c2ccc(C)nc2F)C1. The minimum Gasteiger partial charge on any atom is -0.508 e. The molecular weight excluding hydrogens is 1940 g/mol. The lowest BCUT2D eigenvalue weighted by Crippen LogP contribution is -2.09. The molecule has 0 spiro atoms. The van der Waals surface area contributed by atoms with E-state index in [0.29, 0.717) is 136 Å². The Kier molecular flexibility index (Phi) is 35.0. The molecule has 141 heavy (non-hydrogen) atoms. The van der Waals surface area contributed by atoms with Crippen molar-refractivity contribution in [3.8, 4) is 0 Å². The number of pyridine rings is 4. The van der Waals surface area contributed by atoms with E-state index < -0.39 is 35.7 Å². The maximum Gasteiger partial charge on any atom is 0.222 e. The molecule has 18 nitrogen and oxygen atoms in total. The van der Waals surface area contributed by atoms with Gasteiger partial charge in [-0.3, -0.25) is 4.79 Å². The highest BCUT2D eigenvalue weighted by Crippen LogP contribution is 2.42. The first kappa shape index (κ1) is 106. The van der Waals surface area contributed by atoms with E-state index in [4.69, 9.17) is 85.7 Å². The van der Waals surface area contributed by atoms with E-state index in [1.54, 1.807) is 90.1 Å². The highest BCUT2D eigenvalue weighted by molar-refractivity contribution is 6.38. The van der Waals surface area contributed by atoms with Gasteiger partial charge in [-0.05, 0) is 246 Å². The molecule has 0 radical (unpaired) electrons. The molecule has 0 atom stereocenters. The predicted molar refractivity (Wildman–Crippen MR) is 567 cm³/mol. The number of rotatable bonds is 9. The van der Waals surface area contributed by atoms with Gasteiger partial charge >= 0.3 is 0 Å². The number of ketones is 1. The first-order chi connectivity index (χ1) is 67.0. The standard InChI is InChI=1S/C15H12ClNO2.C14H12ClNO.C13H11ClN2O.2C12H12ClN.2C11H10ClFN2.2C11H10F2N2/c1-8-4-13(15(16)17-8)10-3-2-9-5-11(18)7-14(19)12(9)6-10;1-8-6-12(14(15)16-8)10-3-2-9-4-5-13(17)11(9)7-10;1-7-5-11(13(14)15-7)9-3-4-10-8(2)16-17-12(10)6-9;2*1-8-3-5-10(6-4-8)11-7-9(2)14-12(11)13;1-6-5-9(15-10(6)12)8-4-3-7(2)14-11(8)13;1-6-3-4-8(11(13)15-6)9-5-7(2)14-10(9)12;1-6-5-9(15-10(6)12)8-4-3-7(2)14-11(8)13;1-6-3-4-8(10(12)14-6)9-5-7(2)15-11(9)13/h2-3,6-7,19H,4-5H2,1H3;2-3,5,7,17H,4,6H2,1H3;3-4,6H,5H2,1-2H3;2*3-6H,7H2,1-2H3;4*3-4H,5H2,1-2H3. The van der Waals surface area contributed by atoms with Gasteiger partial charge in [0.25, 0.3) is 0 Å². The zero-order chi connectivity index (χ0) is 102. The summed E-state index contributed by atoms with van der Waals surface area (Å²) in [5.74, 6) is -2.96. The van der Waals surface area contributed by atoms with Gasteiger partial charge in [-0.1, -0.05) is 176 Å². The number of hydrogen-bond donors (Lipinski definition) is 2. The summed E-state index contributed by atoms with van der Waals surface area (Å²) in [6, 6.07) is 48.0. The number of carbonyl (C=O) groups is 1. The van der Waals surface area contributed by atoms with Gasteiger partial charge in [-0.2, -0.15) is 26.3 Å². The number of aryl methyl sites for hydroxylation is 7. The molecule has 14 heterocycles. The lowest BCUT2D eigenvalue weighted by molar-refractivity contribution is -0.114. The number of benzene rings is 5. The molecule has 9 aliphatic heterocycles. The van der Waals surface area contributed by atoms with E-state index in [9.17, 15) is 41.4 Å². The second kappa shape index (κ2) is 46.7. The number of carbonyl (C=O) groups excluding carboxylic acids is 1. The van der Waals surface area contributed by atoms with Gasteiger partial charge < -0.3 is 14.7 Å². The molecule has 724 valence electrons. The van der Waals surface area contributed by atoms with Crippen molar-refractivity contribution in [2.45, 2.75) is 181 Å². The molecule has 0 bridgehead atoms. The average molecular weight is 2040 g/mol. The normalized spacial score (nSPS) is 16.5. The van der Waals surface area contributed by atoms with Crippen molar-refractivity contribution in [2.75, 3.05) is 0 Å². The number of aliphatic hydroxyl groups excluding tert-OH is 2. The fraction of sp³-hybridized carbons (Fsp3) is 0.245. The monoisotopic (exact) mass is 2040 g/mol. The number of aromatic nitrogens is 5. The lowest BCUT2D eigenvalue weighted by atomic mass is 9.91. The molecule has 31 heteroatoms. The minimum absolute atomic E-state index is 0.0282. The highest BCUT2D eigenvalue weighted by atomic mass is 35.5. The number of hydrogen-bond acceptors (Lipinski definition) is 18. The van der Waals surface area contributed by atoms with Crippen molar-refractivity contribution in [2.24, 2.45) is 44.9 Å². The largest absolute Gasteiger partial charge is 0.508 e. The van der Waals surface area contributed by atoms with E-state index in [0.717, 1.165) is 156 Å². The van der Waals surface area contributed by atoms with E-state index >= 15 is 0 Å². The maximum absolute atomic E-state index is 13.5. The maximum atomic E-state index is 13.5. The summed E-state index contributed by atoms with van der Waals surface area (Å²) in [5, 5.41) is 28.4. The molecule has 0 saturated heterocycles. The molecule has 11 aliphatic rings. The lowest BCUT2D eigenvalue weighted by Gasteiger charge is -2.15. The Hall–Kier alpha value is -12.8. The molecule has 2 aliphatic carbocycles. The van der Waals surface area contributed by atoms with Gasteiger partial charge in [-0.25, -0.2) is 64.9 Å². The van der Waals surface area contributed by atoms with Crippen LogP contribution in [0.2, 0.25) is 0 Å². The summed E-state index contributed by atoms with van der Waals surface area (Å²) < 4.78 is 85.5. The third kappa shape index (κ3) is 26.9. The second-order valence-electron chi connectivity index (χ2n) is 35.3. The molecule has 0 fully saturated rings. The number of fused-ring (bicyclic) bond motifs is 3. The fourth-order valence-corrected chi connectivity index (χ4v) is 18.2. The molecule has 2 N–H and O–H groups in total. The zero-order valence-corrected chi connectivity index (χ0v) is 85.5. The first-order valence-corrected chi connectivity index (χ1v) is 47.6. The summed E-state index contributed by atoms with van der Waals surface area (Å²) in [6.07, 6.45) is 10.2. The number of nitrogens with zero attached hydrogens (tertiary/aromatic N) is 14. The van der Waals surface area contributed by atoms with E-state index in [2.05, 4.69) is 145 Å². The quantitative estimate of drug-likeness (QED) is 0.0791. The Bertz CT molecular complexity index is 7180. The molecule has 0 amide bonds. The number of halogens is 13. The zero-order valence-electron chi connectivity index (χ0n) is 80.3. The van der Waals surface area contributed by atoms with Gasteiger partial charge in [0.1, 0.15) is 47.6 Å². The summed E-state index contributed by atoms with van der Waals surface area (Å²) in [7, 11) is 0. The molecule has 5 aromatic carbocycles. The van der Waals surface area contributed by atoms with Crippen LogP contribution in [-0.4, -0.2) is 92.5 Å². The van der Waals surface area contributed by atoms with Gasteiger partial charge in [0.2, 0.25) is 35.7 Å². The Morgan fingerprint density at radius 2 is 0.638 bits per heavy atom. The fourth-order valence-electron chi connectivity index (χ4n) is 16.1. The van der Waals surface area contributed by atoms with Crippen molar-refractivity contribution in [1.82, 2.24) is 25.1 Å². The molecule has 5 aromatic heterocycles. The Morgan fingerprint density at radius 3 is 1.01 bits per heavy atom. The van der Waals surface area contributed by atoms with Crippen LogP contribution in [0.1, 0.15) is 232 Å². The van der Waals surface area contributed by atoms with Gasteiger partial charge in [0, 0.05) is 200 Å². The summed E-state index contributed by atoms with van der Waals surface area (Å²) in [4.78, 5) is 62.9. The Morgan fingerprint density at radius 1 is 0.298 bits per heavy atom. The third-order valence-electron chi connectivity index (χ3n) is 23.5. The van der Waals surface area contributed by atoms with Crippen LogP contribution in [0.15, 0.2) is 272 Å². The van der Waals surface area contributed by atoms with E-state index in [1.807, 2.05) is 104 Å². The Labute approximate surface area is 849 Å². The van der Waals surface area contributed by atoms with Crippen LogP contribution >= 0.6 is 81.2 Å². The van der Waals surface area contributed by atoms with Crippen molar-refractivity contribution in [3.63, 3.8) is 0 Å². The molecule has 0 saturated carbocycles. The number of aliphatic hydroxyl groups is 2. The average Bonchev–Trinajstić information content (AvgIpc) is 1.80. The minimum atomic E-state index is -0.634. The van der Waals surface area contributed by atoms with Crippen LogP contribution in [0.5, 0.6) is 0 Å². The van der Waals surface area contributed by atoms with E-state index in [1.165, 1.54) is 33.9 Å². The van der Waals surface area contributed by atoms with Crippen molar-refractivity contribution >= 4 is 200 Å². The number of allylic oxidation sites excluding steroid dienone is 11. The molecule has 21 rings (SSSR count). The van der Waals surface area contributed by atoms with Gasteiger partial charge in [-0.15, -0.1) is 0 Å². The smallest absolute Gasteiger partial charge is 0.222 e. The summed E-state index contributed by atoms with van der Waals surface area (Å²) in [6.45, 7) is 30.0. The van der Waals surface area contributed by atoms with Crippen LogP contribution in [0.25, 0.3) is 61.5 Å². The predicted octanol–water partition coefficient (Wildman–Crippen LogP) is 31.3. The van der Waals surface area contributed by atoms with E-state index in [-0.39, 0.29) is 28.2 Å². The summed E-state index contributed by atoms with van der Waals surface area (Å²) in [5.41, 5.74) is 32.9. The third-order valence-corrected chi connectivity index (χ3v) is 25.8. The Balaban J connectivity index is 0.000000134. The van der Waals surface area contributed by atoms with Crippen LogP contribution < -0.4 is 0 Å². The van der Waals surface area contributed by atoms with Crippen LogP contribution in [0, 0.1) is 72.3 Å². The van der Waals surface area contributed by atoms with Crippen molar-refractivity contribution < 1.29 is 45.9 Å². The first-order valence-electron chi connectivity index (χ1n) is 45.0. The van der Waals surface area contributed by atoms with Crippen molar-refractivity contribution in [3.05, 3.63) is 359 Å². The number of aliphatic imine (C=N–C) groups is 9. The molecule has 10 aromatic rings. The summed E-state index contributed by atoms with van der Waals surface area (Å²) >= 11 is 42.2. The van der Waals surface area contributed by atoms with Crippen molar-refractivity contribution in [1.29, 1.82) is 0 Å². The van der Waals surface area contributed by atoms with Crippen LogP contribution in [0.3, 0.4) is 0 Å².